The summed E-state index contributed by atoms with van der Waals surface area (Å²) in [5.74, 6) is -0.241. The molecular weight excluding hydrogens is 418 g/mol. The van der Waals surface area contributed by atoms with Crippen LogP contribution in [-0.4, -0.2) is 55.3 Å². The number of anilines is 1. The number of nitrogens with two attached hydrogens (primary N) is 1. The SMILES string of the molecule is C[C@@H](Nc1cncc(-c2c[nH]c3ncc(Cl)cc23)n1)C(=O)N(CC(N)=O)C1CCCC1. The highest BCUT2D eigenvalue weighted by Gasteiger charge is 2.30. The van der Waals surface area contributed by atoms with Crippen molar-refractivity contribution in [3.8, 4) is 11.3 Å². The minimum atomic E-state index is -0.594. The largest absolute Gasteiger partial charge is 0.368 e. The summed E-state index contributed by atoms with van der Waals surface area (Å²) >= 11 is 6.09. The van der Waals surface area contributed by atoms with E-state index in [0.717, 1.165) is 36.6 Å². The van der Waals surface area contributed by atoms with Crippen LogP contribution in [0.15, 0.2) is 30.9 Å². The maximum atomic E-state index is 13.1. The van der Waals surface area contributed by atoms with Gasteiger partial charge < -0.3 is 20.9 Å². The summed E-state index contributed by atoms with van der Waals surface area (Å²) in [7, 11) is 0. The van der Waals surface area contributed by atoms with Crippen LogP contribution in [0, 0.1) is 0 Å². The summed E-state index contributed by atoms with van der Waals surface area (Å²) in [6, 6.07) is 1.26. The lowest BCUT2D eigenvalue weighted by Gasteiger charge is -2.30. The summed E-state index contributed by atoms with van der Waals surface area (Å²) in [6.45, 7) is 1.67. The number of nitrogens with one attached hydrogen (secondary N) is 2. The van der Waals surface area contributed by atoms with Gasteiger partial charge in [-0.15, -0.1) is 0 Å². The quantitative estimate of drug-likeness (QED) is 0.516. The zero-order valence-corrected chi connectivity index (χ0v) is 17.9. The van der Waals surface area contributed by atoms with E-state index in [2.05, 4.69) is 25.3 Å². The third kappa shape index (κ3) is 4.61. The van der Waals surface area contributed by atoms with Crippen LogP contribution >= 0.6 is 11.6 Å². The smallest absolute Gasteiger partial charge is 0.245 e. The van der Waals surface area contributed by atoms with Crippen molar-refractivity contribution in [3.63, 3.8) is 0 Å². The van der Waals surface area contributed by atoms with Crippen LogP contribution < -0.4 is 11.1 Å². The number of aromatic amines is 1. The Morgan fingerprint density at radius 2 is 2.10 bits per heavy atom. The van der Waals surface area contributed by atoms with E-state index in [1.165, 1.54) is 0 Å². The van der Waals surface area contributed by atoms with E-state index >= 15 is 0 Å². The summed E-state index contributed by atoms with van der Waals surface area (Å²) in [4.78, 5) is 42.4. The molecule has 0 aromatic carbocycles. The van der Waals surface area contributed by atoms with Crippen molar-refractivity contribution in [1.29, 1.82) is 0 Å². The van der Waals surface area contributed by atoms with Gasteiger partial charge in [-0.1, -0.05) is 24.4 Å². The van der Waals surface area contributed by atoms with Gasteiger partial charge in [0.1, 0.15) is 17.5 Å². The Hall–Kier alpha value is -3.20. The molecule has 31 heavy (non-hydrogen) atoms. The fraction of sp³-hybridized carbons (Fsp3) is 0.381. The van der Waals surface area contributed by atoms with E-state index in [1.54, 1.807) is 36.6 Å². The summed E-state index contributed by atoms with van der Waals surface area (Å²) in [6.07, 6.45) is 10.4. The van der Waals surface area contributed by atoms with Gasteiger partial charge in [-0.3, -0.25) is 14.6 Å². The van der Waals surface area contributed by atoms with Gasteiger partial charge in [0.2, 0.25) is 11.8 Å². The fourth-order valence-corrected chi connectivity index (χ4v) is 4.22. The van der Waals surface area contributed by atoms with Crippen LogP contribution in [0.5, 0.6) is 0 Å². The highest BCUT2D eigenvalue weighted by molar-refractivity contribution is 6.31. The first kappa shape index (κ1) is 21.0. The number of halogens is 1. The number of rotatable bonds is 7. The topological polar surface area (TPSA) is 130 Å². The van der Waals surface area contributed by atoms with Crippen LogP contribution in [0.1, 0.15) is 32.6 Å². The molecule has 3 aromatic rings. The first-order valence-corrected chi connectivity index (χ1v) is 10.6. The first-order chi connectivity index (χ1) is 14.9. The Bertz CT molecular complexity index is 1110. The highest BCUT2D eigenvalue weighted by Crippen LogP contribution is 2.28. The number of primary amides is 1. The molecular formula is C21H24ClN7O2. The average molecular weight is 442 g/mol. The van der Waals surface area contributed by atoms with Gasteiger partial charge in [0, 0.05) is 29.4 Å². The molecule has 0 saturated heterocycles. The zero-order valence-electron chi connectivity index (χ0n) is 17.1. The zero-order chi connectivity index (χ0) is 22.0. The Kier molecular flexibility index (Phi) is 6.03. The van der Waals surface area contributed by atoms with Gasteiger partial charge in [-0.05, 0) is 25.8 Å². The molecule has 4 N–H and O–H groups in total. The monoisotopic (exact) mass is 441 g/mol. The number of fused-ring (bicyclic) bond motifs is 1. The molecule has 0 radical (unpaired) electrons. The third-order valence-corrected chi connectivity index (χ3v) is 5.72. The molecule has 1 saturated carbocycles. The molecule has 1 aliphatic rings. The van der Waals surface area contributed by atoms with Crippen molar-refractivity contribution in [1.82, 2.24) is 24.8 Å². The Balaban J connectivity index is 1.54. The molecule has 162 valence electrons. The number of H-pyrrole nitrogens is 1. The van der Waals surface area contributed by atoms with E-state index in [1.807, 2.05) is 6.07 Å². The van der Waals surface area contributed by atoms with Crippen LogP contribution in [0.3, 0.4) is 0 Å². The Labute approximate surface area is 184 Å². The molecule has 1 aliphatic carbocycles. The lowest BCUT2D eigenvalue weighted by Crippen LogP contribution is -2.49. The molecule has 0 unspecified atom stereocenters. The second kappa shape index (κ2) is 8.89. The molecule has 0 bridgehead atoms. The number of hydrogen-bond donors (Lipinski definition) is 3. The molecule has 9 nitrogen and oxygen atoms in total. The third-order valence-electron chi connectivity index (χ3n) is 5.52. The number of aromatic nitrogens is 4. The minimum Gasteiger partial charge on any atom is -0.368 e. The van der Waals surface area contributed by atoms with Crippen LogP contribution in [0.4, 0.5) is 5.82 Å². The number of carbonyl (C=O) groups excluding carboxylic acids is 2. The van der Waals surface area contributed by atoms with Gasteiger partial charge in [0.05, 0.1) is 29.7 Å². The lowest BCUT2D eigenvalue weighted by molar-refractivity contribution is -0.137. The lowest BCUT2D eigenvalue weighted by atomic mass is 10.1. The normalized spacial score (nSPS) is 15.2. The van der Waals surface area contributed by atoms with Crippen molar-refractivity contribution < 1.29 is 9.59 Å². The molecule has 10 heteroatoms. The highest BCUT2D eigenvalue weighted by atomic mass is 35.5. The molecule has 4 rings (SSSR count). The molecule has 1 atom stereocenters. The van der Waals surface area contributed by atoms with E-state index in [-0.39, 0.29) is 18.5 Å². The number of nitrogens with zero attached hydrogens (tertiary/aromatic N) is 4. The molecule has 3 heterocycles. The minimum absolute atomic E-state index is 0.0464. The van der Waals surface area contributed by atoms with Crippen LogP contribution in [0.2, 0.25) is 5.02 Å². The molecule has 1 fully saturated rings. The van der Waals surface area contributed by atoms with Gasteiger partial charge >= 0.3 is 0 Å². The number of carbonyl (C=O) groups is 2. The maximum Gasteiger partial charge on any atom is 0.245 e. The average Bonchev–Trinajstić information content (AvgIpc) is 3.41. The van der Waals surface area contributed by atoms with E-state index in [0.29, 0.717) is 22.2 Å². The molecule has 0 aliphatic heterocycles. The summed E-state index contributed by atoms with van der Waals surface area (Å²) in [5.41, 5.74) is 7.51. The number of pyridine rings is 1. The number of amides is 2. The Morgan fingerprint density at radius 3 is 2.84 bits per heavy atom. The predicted octanol–water partition coefficient (Wildman–Crippen LogP) is 2.73. The molecule has 0 spiro atoms. The van der Waals surface area contributed by atoms with Crippen molar-refractivity contribution in [2.45, 2.75) is 44.7 Å². The van der Waals surface area contributed by atoms with Gasteiger partial charge in [-0.2, -0.15) is 0 Å². The van der Waals surface area contributed by atoms with E-state index in [4.69, 9.17) is 17.3 Å². The van der Waals surface area contributed by atoms with Crippen molar-refractivity contribution in [3.05, 3.63) is 35.9 Å². The fourth-order valence-electron chi connectivity index (χ4n) is 4.06. The Morgan fingerprint density at radius 1 is 1.32 bits per heavy atom. The molecule has 2 amide bonds. The standard InChI is InChI=1S/C21H24ClN7O2/c1-12(21(31)29(11-18(23)30)14-4-2-3-5-14)27-19-10-24-9-17(28-19)16-8-26-20-15(16)6-13(22)7-25-20/h6-10,12,14H,2-5,11H2,1H3,(H2,23,30)(H,25,26)(H,27,28)/t12-/m1/s1. The van der Waals surface area contributed by atoms with E-state index in [9.17, 15) is 9.59 Å². The van der Waals surface area contributed by atoms with Crippen LogP contribution in [-0.2, 0) is 9.59 Å². The van der Waals surface area contributed by atoms with Gasteiger partial charge in [0.15, 0.2) is 0 Å². The first-order valence-electron chi connectivity index (χ1n) is 10.2. The van der Waals surface area contributed by atoms with Crippen molar-refractivity contribution >= 4 is 40.3 Å². The second-order valence-corrected chi connectivity index (χ2v) is 8.21. The van der Waals surface area contributed by atoms with Crippen LogP contribution in [0.25, 0.3) is 22.3 Å². The number of hydrogen-bond acceptors (Lipinski definition) is 6. The van der Waals surface area contributed by atoms with E-state index < -0.39 is 11.9 Å². The molecule has 3 aromatic heterocycles. The van der Waals surface area contributed by atoms with Crippen molar-refractivity contribution in [2.75, 3.05) is 11.9 Å². The van der Waals surface area contributed by atoms with Crippen molar-refractivity contribution in [2.24, 2.45) is 5.73 Å². The second-order valence-electron chi connectivity index (χ2n) is 7.78. The maximum absolute atomic E-state index is 13.1. The summed E-state index contributed by atoms with van der Waals surface area (Å²) in [5, 5.41) is 4.47. The van der Waals surface area contributed by atoms with Gasteiger partial charge in [-0.25, -0.2) is 9.97 Å². The summed E-state index contributed by atoms with van der Waals surface area (Å²) < 4.78 is 0. The van der Waals surface area contributed by atoms with Gasteiger partial charge in [0.25, 0.3) is 0 Å². The predicted molar refractivity (Wildman–Crippen MR) is 118 cm³/mol.